The molecule has 2 heterocycles. The number of rotatable bonds is 7. The molecule has 28 heavy (non-hydrogen) atoms. The van der Waals surface area contributed by atoms with E-state index < -0.39 is 17.8 Å². The summed E-state index contributed by atoms with van der Waals surface area (Å²) in [6.07, 6.45) is 5.29. The monoisotopic (exact) mass is 405 g/mol. The molecule has 0 spiro atoms. The van der Waals surface area contributed by atoms with Crippen molar-refractivity contribution in [3.63, 3.8) is 0 Å². The van der Waals surface area contributed by atoms with Crippen LogP contribution in [0.1, 0.15) is 50.2 Å². The van der Waals surface area contributed by atoms with Gasteiger partial charge in [-0.3, -0.25) is 9.48 Å². The van der Waals surface area contributed by atoms with Crippen molar-refractivity contribution in [3.8, 4) is 0 Å². The van der Waals surface area contributed by atoms with Gasteiger partial charge in [-0.1, -0.05) is 6.92 Å². The largest absolute Gasteiger partial charge is 0.465 e. The topological polar surface area (TPSA) is 99.5 Å². The quantitative estimate of drug-likeness (QED) is 0.561. The number of aromatic nitrogens is 2. The van der Waals surface area contributed by atoms with Crippen LogP contribution in [0.5, 0.6) is 0 Å². The van der Waals surface area contributed by atoms with Crippen LogP contribution in [-0.4, -0.2) is 41.3 Å². The van der Waals surface area contributed by atoms with Crippen LogP contribution in [0.15, 0.2) is 12.3 Å². The number of hydrogen-bond acceptors (Lipinski definition) is 7. The molecule has 0 unspecified atom stereocenters. The molecule has 0 saturated heterocycles. The van der Waals surface area contributed by atoms with Crippen molar-refractivity contribution in [1.82, 2.24) is 9.78 Å². The fraction of sp³-hybridized carbons (Fsp3) is 0.368. The zero-order valence-electron chi connectivity index (χ0n) is 16.5. The molecule has 0 fully saturated rings. The molecule has 150 valence electrons. The number of nitrogens with zero attached hydrogens (tertiary/aromatic N) is 2. The van der Waals surface area contributed by atoms with Crippen LogP contribution < -0.4 is 5.32 Å². The third-order valence-corrected chi connectivity index (χ3v) is 5.27. The molecule has 0 atom stereocenters. The number of hydrogen-bond donors (Lipinski definition) is 1. The van der Waals surface area contributed by atoms with Gasteiger partial charge in [0.25, 0.3) is 0 Å². The first-order chi connectivity index (χ1) is 13.3. The maximum atomic E-state index is 12.4. The average Bonchev–Trinajstić information content (AvgIpc) is 3.17. The molecule has 1 N–H and O–H groups in total. The van der Waals surface area contributed by atoms with Gasteiger partial charge < -0.3 is 14.8 Å². The molecular formula is C19H23N3O5S. The third kappa shape index (κ3) is 4.66. The highest BCUT2D eigenvalue weighted by Crippen LogP contribution is 2.34. The van der Waals surface area contributed by atoms with Crippen molar-refractivity contribution in [1.29, 1.82) is 0 Å². The van der Waals surface area contributed by atoms with Crippen LogP contribution in [0.2, 0.25) is 0 Å². The number of ether oxygens (including phenoxy) is 2. The summed E-state index contributed by atoms with van der Waals surface area (Å²) in [7, 11) is 3.07. The maximum Gasteiger partial charge on any atom is 0.348 e. The molecule has 0 aliphatic rings. The Bertz CT molecular complexity index is 926. The van der Waals surface area contributed by atoms with Gasteiger partial charge in [0.1, 0.15) is 9.88 Å². The first-order valence-electron chi connectivity index (χ1n) is 8.66. The fourth-order valence-corrected chi connectivity index (χ4v) is 3.52. The molecular weight excluding hydrogens is 382 g/mol. The van der Waals surface area contributed by atoms with Gasteiger partial charge in [0.15, 0.2) is 0 Å². The lowest BCUT2D eigenvalue weighted by Gasteiger charge is -2.06. The molecule has 0 radical (unpaired) electrons. The SMILES string of the molecule is CCCOC(=O)c1c(NC(=O)/C=C/c2cnn(C)c2C)sc(C(=O)OC)c1C. The Morgan fingerprint density at radius 2 is 2.00 bits per heavy atom. The molecule has 2 aromatic heterocycles. The Morgan fingerprint density at radius 3 is 2.57 bits per heavy atom. The second-order valence-electron chi connectivity index (χ2n) is 6.02. The van der Waals surface area contributed by atoms with Crippen molar-refractivity contribution in [3.05, 3.63) is 39.5 Å². The summed E-state index contributed by atoms with van der Waals surface area (Å²) in [5.74, 6) is -1.60. The Balaban J connectivity index is 2.29. The van der Waals surface area contributed by atoms with Crippen molar-refractivity contribution in [2.75, 3.05) is 19.0 Å². The summed E-state index contributed by atoms with van der Waals surface area (Å²) in [5.41, 5.74) is 2.30. The average molecular weight is 405 g/mol. The van der Waals surface area contributed by atoms with Crippen LogP contribution in [-0.2, 0) is 21.3 Å². The number of esters is 2. The van der Waals surface area contributed by atoms with Crippen molar-refractivity contribution in [2.45, 2.75) is 27.2 Å². The molecule has 9 heteroatoms. The number of carbonyl (C=O) groups is 3. The van der Waals surface area contributed by atoms with E-state index in [9.17, 15) is 14.4 Å². The second-order valence-corrected chi connectivity index (χ2v) is 7.04. The lowest BCUT2D eigenvalue weighted by atomic mass is 10.1. The lowest BCUT2D eigenvalue weighted by Crippen LogP contribution is -2.13. The van der Waals surface area contributed by atoms with E-state index in [1.54, 1.807) is 23.9 Å². The summed E-state index contributed by atoms with van der Waals surface area (Å²) >= 11 is 0.980. The van der Waals surface area contributed by atoms with Gasteiger partial charge in [0, 0.05) is 24.4 Å². The zero-order chi connectivity index (χ0) is 20.8. The Kier molecular flexibility index (Phi) is 7.11. The molecule has 0 bridgehead atoms. The Hall–Kier alpha value is -2.94. The molecule has 2 aromatic rings. The number of amides is 1. The number of aryl methyl sites for hydroxylation is 1. The Labute approximate surface area is 167 Å². The van der Waals surface area contributed by atoms with E-state index in [1.165, 1.54) is 13.2 Å². The summed E-state index contributed by atoms with van der Waals surface area (Å²) in [6, 6.07) is 0. The smallest absolute Gasteiger partial charge is 0.348 e. The minimum atomic E-state index is -0.590. The van der Waals surface area contributed by atoms with Crippen molar-refractivity contribution < 1.29 is 23.9 Å². The van der Waals surface area contributed by atoms with E-state index in [1.807, 2.05) is 20.9 Å². The first kappa shape index (κ1) is 21.4. The lowest BCUT2D eigenvalue weighted by molar-refractivity contribution is -0.111. The minimum Gasteiger partial charge on any atom is -0.465 e. The Morgan fingerprint density at radius 1 is 1.29 bits per heavy atom. The molecule has 0 aliphatic carbocycles. The van der Waals surface area contributed by atoms with E-state index >= 15 is 0 Å². The number of nitrogens with one attached hydrogen (secondary N) is 1. The third-order valence-electron chi connectivity index (χ3n) is 4.08. The fourth-order valence-electron chi connectivity index (χ4n) is 2.40. The van der Waals surface area contributed by atoms with Gasteiger partial charge in [0.05, 0.1) is 25.5 Å². The highest BCUT2D eigenvalue weighted by Gasteiger charge is 2.26. The predicted molar refractivity (Wildman–Crippen MR) is 107 cm³/mol. The standard InChI is InChI=1S/C19H23N3O5S/c1-6-9-27-18(24)15-11(2)16(19(25)26-5)28-17(15)21-14(23)8-7-13-10-20-22(4)12(13)3/h7-8,10H,6,9H2,1-5H3,(H,21,23)/b8-7+. The molecule has 0 aliphatic heterocycles. The number of methoxy groups -OCH3 is 1. The van der Waals surface area contributed by atoms with Gasteiger partial charge in [0.2, 0.25) is 5.91 Å². The predicted octanol–water partition coefficient (Wildman–Crippen LogP) is 3.10. The number of carbonyl (C=O) groups excluding carboxylic acids is 3. The second kappa shape index (κ2) is 9.32. The van der Waals surface area contributed by atoms with Gasteiger partial charge in [-0.25, -0.2) is 9.59 Å². The van der Waals surface area contributed by atoms with Crippen molar-refractivity contribution >= 4 is 40.3 Å². The summed E-state index contributed by atoms with van der Waals surface area (Å²) in [6.45, 7) is 5.63. The van der Waals surface area contributed by atoms with E-state index in [4.69, 9.17) is 9.47 Å². The van der Waals surface area contributed by atoms with E-state index in [0.29, 0.717) is 12.0 Å². The van der Waals surface area contributed by atoms with Crippen LogP contribution >= 0.6 is 11.3 Å². The molecule has 0 aromatic carbocycles. The molecule has 8 nitrogen and oxygen atoms in total. The molecule has 2 rings (SSSR count). The normalized spacial score (nSPS) is 10.9. The highest BCUT2D eigenvalue weighted by molar-refractivity contribution is 7.18. The summed E-state index contributed by atoms with van der Waals surface area (Å²) in [4.78, 5) is 37.0. The number of thiophene rings is 1. The van der Waals surface area contributed by atoms with E-state index in [-0.39, 0.29) is 22.0 Å². The summed E-state index contributed by atoms with van der Waals surface area (Å²) < 4.78 is 11.6. The highest BCUT2D eigenvalue weighted by atomic mass is 32.1. The van der Waals surface area contributed by atoms with Gasteiger partial charge in [-0.15, -0.1) is 11.3 Å². The van der Waals surface area contributed by atoms with E-state index in [2.05, 4.69) is 10.4 Å². The van der Waals surface area contributed by atoms with Crippen LogP contribution in [0, 0.1) is 13.8 Å². The van der Waals surface area contributed by atoms with Crippen LogP contribution in [0.3, 0.4) is 0 Å². The minimum absolute atomic E-state index is 0.165. The first-order valence-corrected chi connectivity index (χ1v) is 9.48. The van der Waals surface area contributed by atoms with Crippen LogP contribution in [0.4, 0.5) is 5.00 Å². The van der Waals surface area contributed by atoms with Gasteiger partial charge >= 0.3 is 11.9 Å². The zero-order valence-corrected chi connectivity index (χ0v) is 17.3. The molecule has 1 amide bonds. The van der Waals surface area contributed by atoms with Gasteiger partial charge in [-0.2, -0.15) is 5.10 Å². The maximum absolute atomic E-state index is 12.4. The van der Waals surface area contributed by atoms with Crippen LogP contribution in [0.25, 0.3) is 6.08 Å². The van der Waals surface area contributed by atoms with Crippen molar-refractivity contribution in [2.24, 2.45) is 7.05 Å². The number of anilines is 1. The van der Waals surface area contributed by atoms with E-state index in [0.717, 1.165) is 22.6 Å². The van der Waals surface area contributed by atoms with Gasteiger partial charge in [-0.05, 0) is 31.9 Å². The summed E-state index contributed by atoms with van der Waals surface area (Å²) in [5, 5.41) is 7.02. The molecule has 0 saturated carbocycles.